The van der Waals surface area contributed by atoms with E-state index < -0.39 is 17.2 Å². The van der Waals surface area contributed by atoms with Crippen LogP contribution in [-0.4, -0.2) is 65.6 Å². The second kappa shape index (κ2) is 9.71. The number of rotatable bonds is 7. The Balaban J connectivity index is 1.85. The Kier molecular flexibility index (Phi) is 7.28. The second-order valence-electron chi connectivity index (χ2n) is 7.76. The zero-order valence-electron chi connectivity index (χ0n) is 16.6. The molecule has 2 heterocycles. The van der Waals surface area contributed by atoms with Gasteiger partial charge in [-0.15, -0.1) is 5.10 Å². The molecule has 2 saturated heterocycles. The molecule has 1 saturated carbocycles. The van der Waals surface area contributed by atoms with Crippen molar-refractivity contribution in [3.05, 3.63) is 0 Å². The van der Waals surface area contributed by atoms with Crippen molar-refractivity contribution in [2.75, 3.05) is 26.0 Å². The third kappa shape index (κ3) is 4.48. The lowest BCUT2D eigenvalue weighted by molar-refractivity contribution is -0.148. The van der Waals surface area contributed by atoms with Crippen LogP contribution in [0.1, 0.15) is 44.9 Å². The summed E-state index contributed by atoms with van der Waals surface area (Å²) in [6, 6.07) is 0. The molecule has 9 nitrogen and oxygen atoms in total. The summed E-state index contributed by atoms with van der Waals surface area (Å²) in [4.78, 5) is 50.8. The van der Waals surface area contributed by atoms with Gasteiger partial charge in [0.2, 0.25) is 18.1 Å². The maximum atomic E-state index is 13.5. The van der Waals surface area contributed by atoms with Gasteiger partial charge in [-0.2, -0.15) is 0 Å². The van der Waals surface area contributed by atoms with Crippen molar-refractivity contribution in [2.24, 2.45) is 16.9 Å². The van der Waals surface area contributed by atoms with Gasteiger partial charge in [0.05, 0.1) is 5.75 Å². The fourth-order valence-electron chi connectivity index (χ4n) is 4.68. The summed E-state index contributed by atoms with van der Waals surface area (Å²) in [5.74, 6) is -1.65. The number of nitrogens with one attached hydrogen (secondary N) is 2. The van der Waals surface area contributed by atoms with Gasteiger partial charge in [0.15, 0.2) is 5.17 Å². The van der Waals surface area contributed by atoms with Crippen LogP contribution in [0.3, 0.4) is 0 Å². The number of nitrogens with zero attached hydrogens (tertiary/aromatic N) is 2. The highest BCUT2D eigenvalue weighted by Gasteiger charge is 2.53. The van der Waals surface area contributed by atoms with E-state index in [1.165, 1.54) is 16.7 Å². The molecule has 160 valence electrons. The molecular weight excluding hydrogens is 396 g/mol. The molecule has 1 aliphatic carbocycles. The molecule has 0 radical (unpaired) electrons. The fraction of sp³-hybridized carbons (Fsp3) is 0.737. The Morgan fingerprint density at radius 1 is 1.17 bits per heavy atom. The highest BCUT2D eigenvalue weighted by Crippen LogP contribution is 2.41. The predicted molar refractivity (Wildman–Crippen MR) is 108 cm³/mol. The van der Waals surface area contributed by atoms with E-state index in [1.54, 1.807) is 7.05 Å². The third-order valence-electron chi connectivity index (χ3n) is 6.23. The van der Waals surface area contributed by atoms with Gasteiger partial charge in [0, 0.05) is 20.3 Å². The number of hydrogen-bond donors (Lipinski definition) is 2. The van der Waals surface area contributed by atoms with Crippen LogP contribution in [-0.2, 0) is 23.9 Å². The van der Waals surface area contributed by atoms with Crippen molar-refractivity contribution < 1.29 is 23.9 Å². The first-order chi connectivity index (χ1) is 14.0. The molecule has 2 N–H and O–H groups in total. The van der Waals surface area contributed by atoms with Gasteiger partial charge in [0.1, 0.15) is 5.54 Å². The number of carbonyl (C=O) groups excluding carboxylic acids is 4. The number of amides is 3. The first kappa shape index (κ1) is 21.8. The van der Waals surface area contributed by atoms with E-state index in [0.717, 1.165) is 32.1 Å². The molecule has 3 aliphatic rings. The smallest absolute Gasteiger partial charge is 0.310 e. The van der Waals surface area contributed by atoms with Crippen LogP contribution in [0.15, 0.2) is 5.10 Å². The van der Waals surface area contributed by atoms with Crippen molar-refractivity contribution in [3.63, 3.8) is 0 Å². The van der Waals surface area contributed by atoms with Gasteiger partial charge < -0.3 is 10.1 Å². The molecule has 29 heavy (non-hydrogen) atoms. The quantitative estimate of drug-likeness (QED) is 0.352. The molecule has 3 rings (SSSR count). The second-order valence-corrected chi connectivity index (χ2v) is 8.70. The van der Waals surface area contributed by atoms with Gasteiger partial charge in [-0.05, 0) is 37.5 Å². The zero-order valence-corrected chi connectivity index (χ0v) is 17.5. The molecule has 0 bridgehead atoms. The SMILES string of the molecule is CN1C(=O)CSC1=NNC(=O)C(=O)C(NC=O)(C1CCCCC1)C1CCOCC1. The maximum Gasteiger partial charge on any atom is 0.310 e. The monoisotopic (exact) mass is 424 g/mol. The topological polar surface area (TPSA) is 117 Å². The van der Waals surface area contributed by atoms with Crippen molar-refractivity contribution in [2.45, 2.75) is 50.5 Å². The lowest BCUT2D eigenvalue weighted by Gasteiger charge is -2.46. The molecule has 3 fully saturated rings. The number of thioether (sulfide) groups is 1. The molecule has 10 heteroatoms. The summed E-state index contributed by atoms with van der Waals surface area (Å²) in [6.07, 6.45) is 6.37. The van der Waals surface area contributed by atoms with Crippen LogP contribution in [0.25, 0.3) is 0 Å². The normalized spacial score (nSPS) is 24.9. The van der Waals surface area contributed by atoms with Crippen molar-refractivity contribution in [1.82, 2.24) is 15.6 Å². The molecule has 0 aromatic carbocycles. The number of ether oxygens (including phenoxy) is 1. The van der Waals surface area contributed by atoms with Crippen LogP contribution in [0.4, 0.5) is 0 Å². The number of hydrogen-bond acceptors (Lipinski definition) is 7. The number of carbonyl (C=O) groups is 4. The average molecular weight is 425 g/mol. The first-order valence-electron chi connectivity index (χ1n) is 10.1. The first-order valence-corrected chi connectivity index (χ1v) is 11.1. The van der Waals surface area contributed by atoms with E-state index >= 15 is 0 Å². The number of amidine groups is 1. The molecule has 2 aliphatic heterocycles. The Bertz CT molecular complexity index is 668. The predicted octanol–water partition coefficient (Wildman–Crippen LogP) is 0.640. The van der Waals surface area contributed by atoms with Gasteiger partial charge >= 0.3 is 5.91 Å². The Labute approximate surface area is 174 Å². The molecule has 0 aromatic rings. The summed E-state index contributed by atoms with van der Waals surface area (Å²) < 4.78 is 5.45. The molecular formula is C19H28N4O5S. The van der Waals surface area contributed by atoms with Crippen LogP contribution < -0.4 is 10.7 Å². The van der Waals surface area contributed by atoms with E-state index in [4.69, 9.17) is 4.74 Å². The van der Waals surface area contributed by atoms with Crippen LogP contribution in [0.5, 0.6) is 0 Å². The van der Waals surface area contributed by atoms with Gasteiger partial charge in [0.25, 0.3) is 0 Å². The zero-order chi connectivity index (χ0) is 20.9. The molecule has 1 unspecified atom stereocenters. The van der Waals surface area contributed by atoms with Gasteiger partial charge in [-0.25, -0.2) is 5.43 Å². The van der Waals surface area contributed by atoms with Crippen LogP contribution in [0, 0.1) is 11.8 Å². The third-order valence-corrected chi connectivity index (χ3v) is 7.25. The number of Topliss-reactive ketones (excluding diaryl/α,β-unsaturated/α-hetero) is 1. The Morgan fingerprint density at radius 3 is 2.41 bits per heavy atom. The molecule has 3 amide bonds. The Morgan fingerprint density at radius 2 is 1.83 bits per heavy atom. The summed E-state index contributed by atoms with van der Waals surface area (Å²) in [5, 5.41) is 7.10. The maximum absolute atomic E-state index is 13.5. The van der Waals surface area contributed by atoms with Crippen LogP contribution in [0.2, 0.25) is 0 Å². The molecule has 1 atom stereocenters. The van der Waals surface area contributed by atoms with Crippen molar-refractivity contribution in [1.29, 1.82) is 0 Å². The lowest BCUT2D eigenvalue weighted by atomic mass is 9.63. The average Bonchev–Trinajstić information content (AvgIpc) is 3.08. The minimum atomic E-state index is -1.25. The Hall–Kier alpha value is -1.94. The van der Waals surface area contributed by atoms with E-state index in [9.17, 15) is 19.2 Å². The van der Waals surface area contributed by atoms with Crippen molar-refractivity contribution in [3.8, 4) is 0 Å². The van der Waals surface area contributed by atoms with E-state index in [1.807, 2.05) is 0 Å². The number of ketones is 1. The van der Waals surface area contributed by atoms with Crippen LogP contribution >= 0.6 is 11.8 Å². The standard InChI is InChI=1S/C19H28N4O5S/c1-23-15(25)11-29-18(23)22-21-17(27)16(26)19(20-12-24,13-5-3-2-4-6-13)14-7-9-28-10-8-14/h12-14H,2-11H2,1H3,(H,20,24)(H,21,27). The van der Waals surface area contributed by atoms with Gasteiger partial charge in [-0.1, -0.05) is 31.0 Å². The number of hydrazone groups is 1. The minimum Gasteiger partial charge on any atom is -0.381 e. The lowest BCUT2D eigenvalue weighted by Crippen LogP contribution is -2.66. The summed E-state index contributed by atoms with van der Waals surface area (Å²) >= 11 is 1.20. The van der Waals surface area contributed by atoms with E-state index in [2.05, 4.69) is 15.8 Å². The van der Waals surface area contributed by atoms with E-state index in [0.29, 0.717) is 37.6 Å². The summed E-state index contributed by atoms with van der Waals surface area (Å²) in [5.41, 5.74) is 1.07. The highest BCUT2D eigenvalue weighted by atomic mass is 32.2. The molecule has 0 spiro atoms. The minimum absolute atomic E-state index is 0.0967. The van der Waals surface area contributed by atoms with Gasteiger partial charge in [-0.3, -0.25) is 24.1 Å². The highest BCUT2D eigenvalue weighted by molar-refractivity contribution is 8.15. The van der Waals surface area contributed by atoms with Crippen molar-refractivity contribution >= 4 is 40.9 Å². The summed E-state index contributed by atoms with van der Waals surface area (Å²) in [7, 11) is 1.57. The summed E-state index contributed by atoms with van der Waals surface area (Å²) in [6.45, 7) is 1.00. The van der Waals surface area contributed by atoms with E-state index in [-0.39, 0.29) is 23.5 Å². The fourth-order valence-corrected chi connectivity index (χ4v) is 5.54. The largest absolute Gasteiger partial charge is 0.381 e. The molecule has 0 aromatic heterocycles.